The van der Waals surface area contributed by atoms with E-state index in [4.69, 9.17) is 5.73 Å². The van der Waals surface area contributed by atoms with Gasteiger partial charge in [0.05, 0.1) is 0 Å². The summed E-state index contributed by atoms with van der Waals surface area (Å²) in [5, 5.41) is 9.33. The molecule has 2 nitrogen and oxygen atoms in total. The number of benzene rings is 1. The van der Waals surface area contributed by atoms with Crippen LogP contribution in [0.4, 0.5) is 4.39 Å². The van der Waals surface area contributed by atoms with Crippen molar-refractivity contribution in [1.29, 1.82) is 0 Å². The fourth-order valence-electron chi connectivity index (χ4n) is 0.988. The van der Waals surface area contributed by atoms with Crippen LogP contribution in [0, 0.1) is 0 Å². The predicted octanol–water partition coefficient (Wildman–Crippen LogP) is 1.01. The summed E-state index contributed by atoms with van der Waals surface area (Å²) in [4.78, 5) is 0. The predicted molar refractivity (Wildman–Crippen MR) is 45.4 cm³/mol. The van der Waals surface area contributed by atoms with E-state index in [2.05, 4.69) is 0 Å². The number of aliphatic hydroxyl groups is 1. The molecule has 0 heterocycles. The van der Waals surface area contributed by atoms with E-state index in [1.807, 2.05) is 6.07 Å². The fraction of sp³-hybridized carbons (Fsp3) is 0.333. The molecule has 0 aromatic heterocycles. The van der Waals surface area contributed by atoms with Crippen molar-refractivity contribution < 1.29 is 42.2 Å². The van der Waals surface area contributed by atoms with E-state index in [1.165, 1.54) is 0 Å². The summed E-state index contributed by atoms with van der Waals surface area (Å²) in [6, 6.07) is 8.66. The van der Waals surface area contributed by atoms with Gasteiger partial charge in [-0.2, -0.15) is 0 Å². The number of alkyl halides is 1. The van der Waals surface area contributed by atoms with Crippen molar-refractivity contribution in [3.8, 4) is 0 Å². The van der Waals surface area contributed by atoms with E-state index in [0.717, 1.165) is 0 Å². The Kier molecular flexibility index (Phi) is 6.69. The molecular formula is C9H12FNOY. The molecule has 0 unspecified atom stereocenters. The Morgan fingerprint density at radius 3 is 2.31 bits per heavy atom. The minimum absolute atomic E-state index is 0. The van der Waals surface area contributed by atoms with Crippen molar-refractivity contribution in [3.05, 3.63) is 35.9 Å². The SMILES string of the molecule is NC[C@@H](F)[C@@H](O)c1ccccc1.[Y]. The Morgan fingerprint density at radius 1 is 1.31 bits per heavy atom. The molecule has 0 fully saturated rings. The van der Waals surface area contributed by atoms with Crippen LogP contribution in [0.25, 0.3) is 0 Å². The first-order chi connectivity index (χ1) is 5.75. The van der Waals surface area contributed by atoms with Crippen LogP contribution >= 0.6 is 0 Å². The van der Waals surface area contributed by atoms with Gasteiger partial charge >= 0.3 is 0 Å². The van der Waals surface area contributed by atoms with Crippen LogP contribution in [0.3, 0.4) is 0 Å². The first-order valence-electron chi connectivity index (χ1n) is 3.83. The molecule has 0 amide bonds. The van der Waals surface area contributed by atoms with Crippen LogP contribution in [0.1, 0.15) is 11.7 Å². The largest absolute Gasteiger partial charge is 0.385 e. The van der Waals surface area contributed by atoms with Crippen LogP contribution in [-0.2, 0) is 32.7 Å². The normalized spacial score (nSPS) is 14.4. The van der Waals surface area contributed by atoms with Crippen molar-refractivity contribution >= 4 is 0 Å². The van der Waals surface area contributed by atoms with E-state index < -0.39 is 12.3 Å². The molecule has 0 bridgehead atoms. The number of hydrogen-bond donors (Lipinski definition) is 2. The monoisotopic (exact) mass is 258 g/mol. The van der Waals surface area contributed by atoms with Crippen LogP contribution < -0.4 is 5.73 Å². The Morgan fingerprint density at radius 2 is 1.85 bits per heavy atom. The summed E-state index contributed by atoms with van der Waals surface area (Å²) in [5.74, 6) is 0. The Labute approximate surface area is 102 Å². The maximum atomic E-state index is 12.8. The Bertz CT molecular complexity index is 232. The zero-order chi connectivity index (χ0) is 8.97. The van der Waals surface area contributed by atoms with Gasteiger partial charge in [-0.25, -0.2) is 4.39 Å². The van der Waals surface area contributed by atoms with Crippen LogP contribution in [0.15, 0.2) is 30.3 Å². The van der Waals surface area contributed by atoms with Gasteiger partial charge in [-0.1, -0.05) is 30.3 Å². The fourth-order valence-corrected chi connectivity index (χ4v) is 0.988. The molecular weight excluding hydrogens is 246 g/mol. The number of rotatable bonds is 3. The zero-order valence-corrected chi connectivity index (χ0v) is 10.1. The van der Waals surface area contributed by atoms with Gasteiger partial charge in [0.15, 0.2) is 0 Å². The molecule has 2 atom stereocenters. The Hall–Kier alpha value is 0.174. The number of nitrogens with two attached hydrogens (primary N) is 1. The molecule has 13 heavy (non-hydrogen) atoms. The topological polar surface area (TPSA) is 46.2 Å². The molecule has 0 saturated carbocycles. The van der Waals surface area contributed by atoms with Gasteiger partial charge in [-0.15, -0.1) is 0 Å². The average Bonchev–Trinajstić information content (AvgIpc) is 2.17. The van der Waals surface area contributed by atoms with Gasteiger partial charge in [-0.05, 0) is 5.56 Å². The van der Waals surface area contributed by atoms with Crippen molar-refractivity contribution in [3.63, 3.8) is 0 Å². The van der Waals surface area contributed by atoms with Crippen LogP contribution in [-0.4, -0.2) is 17.8 Å². The minimum atomic E-state index is -1.38. The zero-order valence-electron chi connectivity index (χ0n) is 7.23. The van der Waals surface area contributed by atoms with Crippen LogP contribution in [0.5, 0.6) is 0 Å². The van der Waals surface area contributed by atoms with E-state index in [9.17, 15) is 9.50 Å². The van der Waals surface area contributed by atoms with Gasteiger partial charge in [0, 0.05) is 39.3 Å². The summed E-state index contributed by atoms with van der Waals surface area (Å²) >= 11 is 0. The van der Waals surface area contributed by atoms with Gasteiger partial charge in [0.2, 0.25) is 0 Å². The van der Waals surface area contributed by atoms with Crippen molar-refractivity contribution in [2.24, 2.45) is 5.73 Å². The Balaban J connectivity index is 0.00000144. The summed E-state index contributed by atoms with van der Waals surface area (Å²) in [6.45, 7) is -0.157. The van der Waals surface area contributed by atoms with Gasteiger partial charge < -0.3 is 10.8 Å². The third kappa shape index (κ3) is 3.82. The van der Waals surface area contributed by atoms with E-state index in [-0.39, 0.29) is 39.3 Å². The first-order valence-corrected chi connectivity index (χ1v) is 3.83. The minimum Gasteiger partial charge on any atom is -0.385 e. The van der Waals surface area contributed by atoms with E-state index in [1.54, 1.807) is 24.3 Å². The standard InChI is InChI=1S/C9H12FNO.Y/c10-8(6-11)9(12)7-4-2-1-3-5-7;/h1-5,8-9,12H,6,11H2;/t8-,9+;/m1./s1. The van der Waals surface area contributed by atoms with E-state index >= 15 is 0 Å². The molecule has 1 aromatic rings. The third-order valence-electron chi connectivity index (χ3n) is 1.71. The smallest absolute Gasteiger partial charge is 0.142 e. The molecule has 3 N–H and O–H groups in total. The summed E-state index contributed by atoms with van der Waals surface area (Å²) in [7, 11) is 0. The number of aliphatic hydroxyl groups excluding tert-OH is 1. The molecule has 0 aliphatic rings. The molecule has 0 aliphatic heterocycles. The molecule has 1 radical (unpaired) electrons. The second kappa shape index (κ2) is 6.60. The van der Waals surface area contributed by atoms with E-state index in [0.29, 0.717) is 5.56 Å². The molecule has 0 spiro atoms. The van der Waals surface area contributed by atoms with Crippen LogP contribution in [0.2, 0.25) is 0 Å². The molecule has 1 rings (SSSR count). The van der Waals surface area contributed by atoms with Gasteiger partial charge in [0.25, 0.3) is 0 Å². The van der Waals surface area contributed by atoms with Crippen molar-refractivity contribution in [2.45, 2.75) is 12.3 Å². The second-order valence-electron chi connectivity index (χ2n) is 2.61. The second-order valence-corrected chi connectivity index (χ2v) is 2.61. The van der Waals surface area contributed by atoms with Gasteiger partial charge in [-0.3, -0.25) is 0 Å². The summed E-state index contributed by atoms with van der Waals surface area (Å²) in [6.07, 6.45) is -2.48. The average molecular weight is 258 g/mol. The first kappa shape index (κ1) is 13.2. The molecule has 69 valence electrons. The maximum absolute atomic E-state index is 12.8. The molecule has 0 saturated heterocycles. The maximum Gasteiger partial charge on any atom is 0.142 e. The van der Waals surface area contributed by atoms with Crippen molar-refractivity contribution in [2.75, 3.05) is 6.54 Å². The molecule has 0 aliphatic carbocycles. The number of halogens is 1. The quantitative estimate of drug-likeness (QED) is 0.850. The molecule has 1 aromatic carbocycles. The van der Waals surface area contributed by atoms with Gasteiger partial charge in [0.1, 0.15) is 12.3 Å². The third-order valence-corrected chi connectivity index (χ3v) is 1.71. The summed E-state index contributed by atoms with van der Waals surface area (Å²) < 4.78 is 12.8. The molecule has 4 heteroatoms. The summed E-state index contributed by atoms with van der Waals surface area (Å²) in [5.41, 5.74) is 5.64. The number of hydrogen-bond acceptors (Lipinski definition) is 2. The van der Waals surface area contributed by atoms with Crippen molar-refractivity contribution in [1.82, 2.24) is 0 Å².